The molecule has 3 nitrogen and oxygen atoms in total. The van der Waals surface area contributed by atoms with E-state index in [9.17, 15) is 0 Å². The highest BCUT2D eigenvalue weighted by molar-refractivity contribution is 5.79. The van der Waals surface area contributed by atoms with Crippen LogP contribution in [0.4, 0.5) is 5.82 Å². The van der Waals surface area contributed by atoms with E-state index in [0.717, 1.165) is 23.3 Å². The van der Waals surface area contributed by atoms with Crippen molar-refractivity contribution in [1.29, 1.82) is 0 Å². The number of hydrogen-bond donors (Lipinski definition) is 1. The lowest BCUT2D eigenvalue weighted by molar-refractivity contribution is 0.365. The number of rotatable bonds is 2. The minimum atomic E-state index is 0.264. The second-order valence-electron chi connectivity index (χ2n) is 5.58. The van der Waals surface area contributed by atoms with Gasteiger partial charge >= 0.3 is 0 Å². The van der Waals surface area contributed by atoms with Crippen LogP contribution >= 0.6 is 0 Å². The third-order valence-electron chi connectivity index (χ3n) is 4.33. The maximum atomic E-state index is 6.07. The van der Waals surface area contributed by atoms with Crippen LogP contribution in [0.15, 0.2) is 53.1 Å². The van der Waals surface area contributed by atoms with E-state index in [1.807, 2.05) is 12.1 Å². The Morgan fingerprint density at radius 1 is 1.10 bits per heavy atom. The summed E-state index contributed by atoms with van der Waals surface area (Å²) >= 11 is 0. The largest absolute Gasteiger partial charge is 0.380 e. The molecule has 3 heteroatoms. The van der Waals surface area contributed by atoms with Crippen LogP contribution in [-0.4, -0.2) is 5.16 Å². The van der Waals surface area contributed by atoms with Crippen LogP contribution in [0.5, 0.6) is 0 Å². The molecule has 0 amide bonds. The molecule has 0 spiro atoms. The van der Waals surface area contributed by atoms with E-state index in [2.05, 4.69) is 48.5 Å². The molecule has 1 atom stereocenters. The molecule has 0 aliphatic heterocycles. The second kappa shape index (κ2) is 4.48. The van der Waals surface area contributed by atoms with E-state index in [1.54, 1.807) is 0 Å². The van der Waals surface area contributed by atoms with Crippen LogP contribution in [0.2, 0.25) is 0 Å². The zero-order valence-electron chi connectivity index (χ0n) is 11.8. The molecule has 2 aromatic carbocycles. The Morgan fingerprint density at radius 2 is 1.86 bits per heavy atom. The van der Waals surface area contributed by atoms with Crippen LogP contribution in [-0.2, 0) is 6.42 Å². The lowest BCUT2D eigenvalue weighted by Gasteiger charge is -2.28. The summed E-state index contributed by atoms with van der Waals surface area (Å²) in [5.41, 5.74) is 12.0. The van der Waals surface area contributed by atoms with Crippen LogP contribution < -0.4 is 5.73 Å². The lowest BCUT2D eigenvalue weighted by atomic mass is 9.74. The van der Waals surface area contributed by atoms with Crippen molar-refractivity contribution in [1.82, 2.24) is 5.16 Å². The van der Waals surface area contributed by atoms with Crippen LogP contribution in [0.3, 0.4) is 0 Å². The fourth-order valence-corrected chi connectivity index (χ4v) is 3.17. The fourth-order valence-electron chi connectivity index (χ4n) is 3.17. The van der Waals surface area contributed by atoms with Gasteiger partial charge in [-0.3, -0.25) is 0 Å². The van der Waals surface area contributed by atoms with Crippen molar-refractivity contribution in [2.24, 2.45) is 0 Å². The minimum absolute atomic E-state index is 0.264. The van der Waals surface area contributed by atoms with Crippen LogP contribution in [0.1, 0.15) is 28.4 Å². The van der Waals surface area contributed by atoms with Crippen LogP contribution in [0.25, 0.3) is 11.1 Å². The van der Waals surface area contributed by atoms with Gasteiger partial charge in [0.15, 0.2) is 11.6 Å². The maximum Gasteiger partial charge on any atom is 0.175 e. The molecule has 3 aromatic rings. The average molecular weight is 276 g/mol. The van der Waals surface area contributed by atoms with Gasteiger partial charge in [0.2, 0.25) is 0 Å². The predicted octanol–water partition coefficient (Wildman–Crippen LogP) is 3.92. The van der Waals surface area contributed by atoms with Crippen molar-refractivity contribution in [3.63, 3.8) is 0 Å². The highest BCUT2D eigenvalue weighted by atomic mass is 16.5. The average Bonchev–Trinajstić information content (AvgIpc) is 2.83. The standard InChI is InChI=1S/C18H16N2O/c1-11-6-2-4-8-13(11)16-17(21-20-18(16)19)15-10-12-7-3-5-9-14(12)15/h2-9,15H,10H2,1H3,(H2,19,20). The van der Waals surface area contributed by atoms with Gasteiger partial charge in [-0.05, 0) is 35.6 Å². The molecule has 1 heterocycles. The third kappa shape index (κ3) is 1.77. The van der Waals surface area contributed by atoms with Crippen molar-refractivity contribution in [2.75, 3.05) is 5.73 Å². The number of nitrogen functional groups attached to an aromatic ring is 1. The summed E-state index contributed by atoms with van der Waals surface area (Å²) in [5.74, 6) is 1.63. The fraction of sp³-hybridized carbons (Fsp3) is 0.167. The van der Waals surface area contributed by atoms with Crippen LogP contribution in [0, 0.1) is 6.92 Å². The number of anilines is 1. The Balaban J connectivity index is 1.85. The number of benzene rings is 2. The first-order valence-electron chi connectivity index (χ1n) is 7.14. The lowest BCUT2D eigenvalue weighted by Crippen LogP contribution is -2.18. The topological polar surface area (TPSA) is 52.0 Å². The normalized spacial score (nSPS) is 16.3. The molecular weight excluding hydrogens is 260 g/mol. The SMILES string of the molecule is Cc1ccccc1-c1c(N)noc1C1Cc2ccccc21. The van der Waals surface area contributed by atoms with Gasteiger partial charge in [-0.25, -0.2) is 0 Å². The number of aromatic nitrogens is 1. The molecule has 0 saturated heterocycles. The molecule has 0 fully saturated rings. The molecule has 1 aliphatic rings. The predicted molar refractivity (Wildman–Crippen MR) is 83.1 cm³/mol. The molecule has 21 heavy (non-hydrogen) atoms. The molecule has 0 saturated carbocycles. The van der Waals surface area contributed by atoms with Crippen molar-refractivity contribution in [3.05, 3.63) is 71.0 Å². The Bertz CT molecular complexity index is 820. The highest BCUT2D eigenvalue weighted by Gasteiger charge is 2.33. The summed E-state index contributed by atoms with van der Waals surface area (Å²) in [4.78, 5) is 0. The minimum Gasteiger partial charge on any atom is -0.380 e. The van der Waals surface area contributed by atoms with E-state index < -0.39 is 0 Å². The number of aryl methyl sites for hydroxylation is 1. The zero-order chi connectivity index (χ0) is 14.4. The maximum absolute atomic E-state index is 6.07. The summed E-state index contributed by atoms with van der Waals surface area (Å²) < 4.78 is 5.59. The highest BCUT2D eigenvalue weighted by Crippen LogP contribution is 2.45. The summed E-state index contributed by atoms with van der Waals surface area (Å²) in [6.07, 6.45) is 0.990. The van der Waals surface area contributed by atoms with Gasteiger partial charge in [-0.1, -0.05) is 53.7 Å². The number of hydrogen-bond acceptors (Lipinski definition) is 3. The molecule has 4 rings (SSSR count). The first-order chi connectivity index (χ1) is 10.3. The van der Waals surface area contributed by atoms with Crippen molar-refractivity contribution < 1.29 is 4.52 Å². The van der Waals surface area contributed by atoms with Gasteiger partial charge < -0.3 is 10.3 Å². The molecule has 104 valence electrons. The summed E-state index contributed by atoms with van der Waals surface area (Å²) in [7, 11) is 0. The van der Waals surface area contributed by atoms with Gasteiger partial charge in [0.25, 0.3) is 0 Å². The monoisotopic (exact) mass is 276 g/mol. The van der Waals surface area contributed by atoms with E-state index in [1.165, 1.54) is 16.7 Å². The summed E-state index contributed by atoms with van der Waals surface area (Å²) in [6.45, 7) is 2.08. The number of fused-ring (bicyclic) bond motifs is 1. The Morgan fingerprint density at radius 3 is 2.67 bits per heavy atom. The molecule has 1 aliphatic carbocycles. The van der Waals surface area contributed by atoms with Gasteiger partial charge in [0, 0.05) is 5.92 Å². The van der Waals surface area contributed by atoms with E-state index in [-0.39, 0.29) is 5.92 Å². The number of nitrogens with two attached hydrogens (primary N) is 1. The first kappa shape index (κ1) is 12.2. The van der Waals surface area contributed by atoms with Crippen molar-refractivity contribution in [2.45, 2.75) is 19.3 Å². The molecule has 0 radical (unpaired) electrons. The number of nitrogens with zero attached hydrogens (tertiary/aromatic N) is 1. The Kier molecular flexibility index (Phi) is 2.61. The quantitative estimate of drug-likeness (QED) is 0.771. The van der Waals surface area contributed by atoms with Gasteiger partial charge in [0.1, 0.15) is 0 Å². The van der Waals surface area contributed by atoms with E-state index in [4.69, 9.17) is 10.3 Å². The summed E-state index contributed by atoms with van der Waals surface area (Å²) in [5, 5.41) is 4.01. The van der Waals surface area contributed by atoms with E-state index >= 15 is 0 Å². The molecule has 2 N–H and O–H groups in total. The van der Waals surface area contributed by atoms with Gasteiger partial charge in [-0.15, -0.1) is 0 Å². The second-order valence-corrected chi connectivity index (χ2v) is 5.58. The van der Waals surface area contributed by atoms with Gasteiger partial charge in [-0.2, -0.15) is 0 Å². The Hall–Kier alpha value is -2.55. The zero-order valence-corrected chi connectivity index (χ0v) is 11.8. The van der Waals surface area contributed by atoms with Crippen molar-refractivity contribution in [3.8, 4) is 11.1 Å². The molecular formula is C18H16N2O. The summed E-state index contributed by atoms with van der Waals surface area (Å²) in [6, 6.07) is 16.7. The van der Waals surface area contributed by atoms with E-state index in [0.29, 0.717) is 5.82 Å². The molecule has 0 bridgehead atoms. The molecule has 1 unspecified atom stereocenters. The first-order valence-corrected chi connectivity index (χ1v) is 7.14. The van der Waals surface area contributed by atoms with Gasteiger partial charge in [0.05, 0.1) is 5.56 Å². The third-order valence-corrected chi connectivity index (χ3v) is 4.33. The smallest absolute Gasteiger partial charge is 0.175 e. The molecule has 1 aromatic heterocycles. The van der Waals surface area contributed by atoms with Crippen molar-refractivity contribution >= 4 is 5.82 Å². The Labute approximate surface area is 123 Å².